The Morgan fingerprint density at radius 1 is 1.35 bits per heavy atom. The van der Waals surface area contributed by atoms with E-state index in [0.29, 0.717) is 17.9 Å². The van der Waals surface area contributed by atoms with Crippen molar-refractivity contribution < 1.29 is 19.4 Å². The molecule has 0 radical (unpaired) electrons. The second-order valence-corrected chi connectivity index (χ2v) is 5.63. The van der Waals surface area contributed by atoms with Gasteiger partial charge in [-0.15, -0.1) is 0 Å². The molecule has 23 heavy (non-hydrogen) atoms. The van der Waals surface area contributed by atoms with Gasteiger partial charge in [-0.2, -0.15) is 0 Å². The quantitative estimate of drug-likeness (QED) is 0.819. The molecule has 1 aromatic rings. The number of amides is 1. The fourth-order valence-electron chi connectivity index (χ4n) is 2.97. The van der Waals surface area contributed by atoms with Gasteiger partial charge in [-0.25, -0.2) is 0 Å². The normalized spacial score (nSPS) is 18.2. The molecular formula is C18H25NO4. The third-order valence-corrected chi connectivity index (χ3v) is 4.21. The number of piperidine rings is 1. The Morgan fingerprint density at radius 2 is 2.17 bits per heavy atom. The summed E-state index contributed by atoms with van der Waals surface area (Å²) in [6.07, 6.45) is 7.07. The average molecular weight is 319 g/mol. The smallest absolute Gasteiger partial charge is 0.246 e. The fourth-order valence-corrected chi connectivity index (χ4v) is 2.97. The number of aliphatic hydroxyl groups excluding tert-OH is 1. The average Bonchev–Trinajstić information content (AvgIpc) is 2.60. The molecule has 1 amide bonds. The van der Waals surface area contributed by atoms with E-state index in [4.69, 9.17) is 14.6 Å². The largest absolute Gasteiger partial charge is 0.497 e. The van der Waals surface area contributed by atoms with Gasteiger partial charge in [-0.1, -0.05) is 0 Å². The summed E-state index contributed by atoms with van der Waals surface area (Å²) in [5.74, 6) is 1.39. The number of hydrogen-bond donors (Lipinski definition) is 1. The van der Waals surface area contributed by atoms with Crippen LogP contribution in [0.1, 0.15) is 31.2 Å². The molecule has 1 fully saturated rings. The molecular weight excluding hydrogens is 294 g/mol. The maximum atomic E-state index is 12.5. The van der Waals surface area contributed by atoms with Crippen molar-refractivity contribution >= 4 is 12.0 Å². The molecule has 2 rings (SSSR count). The molecule has 1 atom stereocenters. The summed E-state index contributed by atoms with van der Waals surface area (Å²) in [6.45, 7) is 0.866. The minimum atomic E-state index is -0.0203. The van der Waals surface area contributed by atoms with E-state index >= 15 is 0 Å². The first-order valence-electron chi connectivity index (χ1n) is 8.01. The van der Waals surface area contributed by atoms with Crippen molar-refractivity contribution in [3.8, 4) is 11.5 Å². The van der Waals surface area contributed by atoms with E-state index in [2.05, 4.69) is 0 Å². The zero-order valence-electron chi connectivity index (χ0n) is 13.8. The van der Waals surface area contributed by atoms with E-state index in [1.807, 2.05) is 23.1 Å². The maximum Gasteiger partial charge on any atom is 0.246 e. The molecule has 0 spiro atoms. The standard InChI is InChI=1S/C18H25NO4/c1-22-16-7-8-17(23-2)14(13-16)6-9-18(21)19-11-4-3-5-15(19)10-12-20/h6-9,13,15,20H,3-5,10-12H2,1-2H3/b9-6+. The summed E-state index contributed by atoms with van der Waals surface area (Å²) in [4.78, 5) is 14.4. The molecule has 0 aromatic heterocycles. The third kappa shape index (κ3) is 4.48. The SMILES string of the molecule is COc1ccc(OC)c(/C=C/C(=O)N2CCCCC2CCO)c1. The van der Waals surface area contributed by atoms with Crippen LogP contribution in [0.2, 0.25) is 0 Å². The molecule has 1 unspecified atom stereocenters. The summed E-state index contributed by atoms with van der Waals surface area (Å²) in [6, 6.07) is 5.61. The zero-order chi connectivity index (χ0) is 16.7. The number of benzene rings is 1. The topological polar surface area (TPSA) is 59.0 Å². The number of likely N-dealkylation sites (tertiary alicyclic amines) is 1. The predicted octanol–water partition coefficient (Wildman–Crippen LogP) is 2.48. The van der Waals surface area contributed by atoms with E-state index in [-0.39, 0.29) is 18.6 Å². The highest BCUT2D eigenvalue weighted by Gasteiger charge is 2.24. The molecule has 0 aliphatic carbocycles. The van der Waals surface area contributed by atoms with Gasteiger partial charge in [-0.05, 0) is 50.0 Å². The van der Waals surface area contributed by atoms with Gasteiger partial charge in [0.05, 0.1) is 14.2 Å². The number of aliphatic hydroxyl groups is 1. The predicted molar refractivity (Wildman–Crippen MR) is 89.6 cm³/mol. The molecule has 1 aromatic carbocycles. The molecule has 0 saturated carbocycles. The van der Waals surface area contributed by atoms with Crippen molar-refractivity contribution in [3.05, 3.63) is 29.8 Å². The van der Waals surface area contributed by atoms with Gasteiger partial charge in [0.2, 0.25) is 5.91 Å². The van der Waals surface area contributed by atoms with Crippen LogP contribution in [0.3, 0.4) is 0 Å². The summed E-state index contributed by atoms with van der Waals surface area (Å²) in [7, 11) is 3.20. The molecule has 1 aliphatic rings. The molecule has 0 bridgehead atoms. The molecule has 1 N–H and O–H groups in total. The van der Waals surface area contributed by atoms with Crippen LogP contribution in [0.5, 0.6) is 11.5 Å². The van der Waals surface area contributed by atoms with Crippen LogP contribution in [0, 0.1) is 0 Å². The lowest BCUT2D eigenvalue weighted by Gasteiger charge is -2.34. The zero-order valence-corrected chi connectivity index (χ0v) is 13.8. The first kappa shape index (κ1) is 17.3. The molecule has 126 valence electrons. The van der Waals surface area contributed by atoms with Gasteiger partial charge in [0.25, 0.3) is 0 Å². The Morgan fingerprint density at radius 3 is 2.87 bits per heavy atom. The highest BCUT2D eigenvalue weighted by Crippen LogP contribution is 2.26. The van der Waals surface area contributed by atoms with Crippen molar-refractivity contribution in [1.82, 2.24) is 4.90 Å². The van der Waals surface area contributed by atoms with Gasteiger partial charge in [0.15, 0.2) is 0 Å². The summed E-state index contributed by atoms with van der Waals surface area (Å²) in [5, 5.41) is 9.17. The molecule has 1 aliphatic heterocycles. The number of carbonyl (C=O) groups is 1. The van der Waals surface area contributed by atoms with Crippen molar-refractivity contribution in [2.75, 3.05) is 27.4 Å². The van der Waals surface area contributed by atoms with Crippen LogP contribution in [-0.4, -0.2) is 49.3 Å². The van der Waals surface area contributed by atoms with Gasteiger partial charge < -0.3 is 19.5 Å². The van der Waals surface area contributed by atoms with E-state index in [1.54, 1.807) is 26.4 Å². The van der Waals surface area contributed by atoms with E-state index in [9.17, 15) is 4.79 Å². The van der Waals surface area contributed by atoms with Crippen LogP contribution >= 0.6 is 0 Å². The maximum absolute atomic E-state index is 12.5. The lowest BCUT2D eigenvalue weighted by atomic mass is 9.99. The molecule has 1 saturated heterocycles. The van der Waals surface area contributed by atoms with E-state index in [0.717, 1.165) is 31.4 Å². The van der Waals surface area contributed by atoms with Gasteiger partial charge in [-0.3, -0.25) is 4.79 Å². The number of rotatable bonds is 6. The van der Waals surface area contributed by atoms with Gasteiger partial charge >= 0.3 is 0 Å². The van der Waals surface area contributed by atoms with Crippen LogP contribution in [0.25, 0.3) is 6.08 Å². The first-order chi connectivity index (χ1) is 11.2. The second kappa shape index (κ2) is 8.58. The second-order valence-electron chi connectivity index (χ2n) is 5.63. The summed E-state index contributed by atoms with van der Waals surface area (Å²) in [5.41, 5.74) is 0.802. The Kier molecular flexibility index (Phi) is 6.47. The van der Waals surface area contributed by atoms with Gasteiger partial charge in [0, 0.05) is 30.8 Å². The first-order valence-corrected chi connectivity index (χ1v) is 8.01. The van der Waals surface area contributed by atoms with Crippen LogP contribution < -0.4 is 9.47 Å². The lowest BCUT2D eigenvalue weighted by molar-refractivity contribution is -0.129. The fraction of sp³-hybridized carbons (Fsp3) is 0.500. The lowest BCUT2D eigenvalue weighted by Crippen LogP contribution is -2.43. The number of methoxy groups -OCH3 is 2. The van der Waals surface area contributed by atoms with Crippen LogP contribution in [0.15, 0.2) is 24.3 Å². The minimum absolute atomic E-state index is 0.0203. The molecule has 5 nitrogen and oxygen atoms in total. The van der Waals surface area contributed by atoms with E-state index < -0.39 is 0 Å². The Labute approximate surface area is 137 Å². The minimum Gasteiger partial charge on any atom is -0.497 e. The van der Waals surface area contributed by atoms with Crippen LogP contribution in [0.4, 0.5) is 0 Å². The highest BCUT2D eigenvalue weighted by molar-refractivity contribution is 5.92. The molecule has 1 heterocycles. The number of carbonyl (C=O) groups excluding carboxylic acids is 1. The third-order valence-electron chi connectivity index (χ3n) is 4.21. The van der Waals surface area contributed by atoms with Crippen molar-refractivity contribution in [2.24, 2.45) is 0 Å². The monoisotopic (exact) mass is 319 g/mol. The molecule has 5 heteroatoms. The van der Waals surface area contributed by atoms with Crippen molar-refractivity contribution in [2.45, 2.75) is 31.7 Å². The van der Waals surface area contributed by atoms with Gasteiger partial charge in [0.1, 0.15) is 11.5 Å². The Hall–Kier alpha value is -2.01. The number of ether oxygens (including phenoxy) is 2. The van der Waals surface area contributed by atoms with Crippen LogP contribution in [-0.2, 0) is 4.79 Å². The highest BCUT2D eigenvalue weighted by atomic mass is 16.5. The number of hydrogen-bond acceptors (Lipinski definition) is 4. The summed E-state index contributed by atoms with van der Waals surface area (Å²) >= 11 is 0. The summed E-state index contributed by atoms with van der Waals surface area (Å²) < 4.78 is 10.5. The van der Waals surface area contributed by atoms with E-state index in [1.165, 1.54) is 0 Å². The number of nitrogens with zero attached hydrogens (tertiary/aromatic N) is 1. The van der Waals surface area contributed by atoms with Crippen molar-refractivity contribution in [3.63, 3.8) is 0 Å². The van der Waals surface area contributed by atoms with Crippen molar-refractivity contribution in [1.29, 1.82) is 0 Å². The Bertz CT molecular complexity index is 554. The Balaban J connectivity index is 2.13.